The van der Waals surface area contributed by atoms with Gasteiger partial charge in [0.05, 0.1) is 6.61 Å². The first-order valence-corrected chi connectivity index (χ1v) is 15.2. The Balaban J connectivity index is 2.14. The number of hydrogen-bond donors (Lipinski definition) is 1. The quantitative estimate of drug-likeness (QED) is 0.148. The number of rotatable bonds is 11. The smallest absolute Gasteiger partial charge is 0.412 e. The Labute approximate surface area is 234 Å². The number of aliphatic hydroxyl groups excluding tert-OH is 1. The molecule has 1 amide bonds. The highest BCUT2D eigenvalue weighted by Crippen LogP contribution is 2.36. The highest BCUT2D eigenvalue weighted by Gasteiger charge is 2.49. The molecule has 8 heteroatoms. The summed E-state index contributed by atoms with van der Waals surface area (Å²) in [6.07, 6.45) is 0.304. The van der Waals surface area contributed by atoms with Crippen molar-refractivity contribution >= 4 is 30.6 Å². The van der Waals surface area contributed by atoms with Gasteiger partial charge in [-0.05, 0) is 48.5 Å². The molecule has 0 aliphatic carbocycles. The zero-order chi connectivity index (χ0) is 29.1. The number of amides is 1. The third-order valence-corrected chi connectivity index (χ3v) is 11.2. The van der Waals surface area contributed by atoms with E-state index in [2.05, 4.69) is 56.9 Å². The lowest BCUT2D eigenvalue weighted by Gasteiger charge is -2.43. The highest BCUT2D eigenvalue weighted by molar-refractivity contribution is 6.99. The second-order valence-corrected chi connectivity index (χ2v) is 15.7. The van der Waals surface area contributed by atoms with Gasteiger partial charge in [0.2, 0.25) is 5.78 Å². The predicted molar refractivity (Wildman–Crippen MR) is 156 cm³/mol. The molecule has 0 aromatic heterocycles. The number of unbranched alkanes of at least 4 members (excludes halogenated alkanes) is 1. The summed E-state index contributed by atoms with van der Waals surface area (Å²) < 4.78 is 17.3. The standard InChI is InChI=1S/C31H43NO6Si/c1-30(2,3)38-29(35)32(24-36-7)27(23-33)28(34)21-15-10-16-22-37-39(31(4,5)6,25-17-11-8-12-18-25)26-19-13-9-14-20-26/h8-9,11-14,17-20,27,33H,10,16,22-24H2,1-7H3. The van der Waals surface area contributed by atoms with Crippen LogP contribution in [0.3, 0.4) is 0 Å². The maximum atomic E-state index is 12.8. The van der Waals surface area contributed by atoms with E-state index in [0.717, 1.165) is 4.90 Å². The van der Waals surface area contributed by atoms with Crippen molar-refractivity contribution in [1.82, 2.24) is 4.90 Å². The predicted octanol–water partition coefficient (Wildman–Crippen LogP) is 4.12. The lowest BCUT2D eigenvalue weighted by molar-refractivity contribution is -0.122. The van der Waals surface area contributed by atoms with Crippen molar-refractivity contribution in [3.63, 3.8) is 0 Å². The summed E-state index contributed by atoms with van der Waals surface area (Å²) in [5.74, 6) is 4.90. The van der Waals surface area contributed by atoms with E-state index in [1.165, 1.54) is 17.5 Å². The van der Waals surface area contributed by atoms with E-state index in [1.807, 2.05) is 36.4 Å². The molecule has 2 rings (SSSR count). The molecule has 212 valence electrons. The van der Waals surface area contributed by atoms with Crippen molar-refractivity contribution in [3.05, 3.63) is 60.7 Å². The summed E-state index contributed by atoms with van der Waals surface area (Å²) in [4.78, 5) is 26.4. The van der Waals surface area contributed by atoms with Gasteiger partial charge in [0.25, 0.3) is 8.32 Å². The van der Waals surface area contributed by atoms with Gasteiger partial charge in [-0.3, -0.25) is 9.69 Å². The Morgan fingerprint density at radius 2 is 1.49 bits per heavy atom. The number of aliphatic hydroxyl groups is 1. The first-order chi connectivity index (χ1) is 18.4. The number of benzene rings is 2. The highest BCUT2D eigenvalue weighted by atomic mass is 28.4. The summed E-state index contributed by atoms with van der Waals surface area (Å²) in [7, 11) is -1.24. The Kier molecular flexibility index (Phi) is 11.9. The van der Waals surface area contributed by atoms with Crippen LogP contribution in [0.25, 0.3) is 0 Å². The molecule has 1 atom stereocenters. The fourth-order valence-corrected chi connectivity index (χ4v) is 9.04. The molecule has 0 aliphatic heterocycles. The van der Waals surface area contributed by atoms with Crippen molar-refractivity contribution < 1.29 is 28.6 Å². The number of ketones is 1. The topological polar surface area (TPSA) is 85.3 Å². The molecule has 1 N–H and O–H groups in total. The van der Waals surface area contributed by atoms with Crippen LogP contribution >= 0.6 is 0 Å². The number of nitrogens with zero attached hydrogens (tertiary/aromatic N) is 1. The minimum absolute atomic E-state index is 0.127. The Morgan fingerprint density at radius 1 is 0.949 bits per heavy atom. The molecule has 1 unspecified atom stereocenters. The number of ether oxygens (including phenoxy) is 2. The van der Waals surface area contributed by atoms with Crippen molar-refractivity contribution in [1.29, 1.82) is 0 Å². The third-order valence-electron chi connectivity index (χ3n) is 6.14. The second kappa shape index (κ2) is 14.4. The number of carbonyl (C=O) groups is 2. The van der Waals surface area contributed by atoms with Crippen LogP contribution in [0.2, 0.25) is 5.04 Å². The van der Waals surface area contributed by atoms with Gasteiger partial charge in [-0.15, -0.1) is 0 Å². The molecule has 0 saturated heterocycles. The SMILES string of the molecule is COCN(C(=O)OC(C)(C)C)C(CO)C(=O)C#CCCCO[Si](c1ccccc1)(c1ccccc1)C(C)(C)C. The van der Waals surface area contributed by atoms with E-state index in [4.69, 9.17) is 13.9 Å². The minimum Gasteiger partial charge on any atom is -0.444 e. The fourth-order valence-electron chi connectivity index (χ4n) is 4.43. The minimum atomic E-state index is -2.63. The molecule has 39 heavy (non-hydrogen) atoms. The van der Waals surface area contributed by atoms with Crippen LogP contribution in [0.4, 0.5) is 4.79 Å². The van der Waals surface area contributed by atoms with E-state index in [9.17, 15) is 14.7 Å². The number of methoxy groups -OCH3 is 1. The monoisotopic (exact) mass is 553 g/mol. The van der Waals surface area contributed by atoms with Crippen LogP contribution in [0, 0.1) is 11.8 Å². The van der Waals surface area contributed by atoms with Gasteiger partial charge in [0, 0.05) is 20.1 Å². The Bertz CT molecular complexity index is 1070. The van der Waals surface area contributed by atoms with Crippen molar-refractivity contribution in [2.24, 2.45) is 0 Å². The lowest BCUT2D eigenvalue weighted by atomic mass is 10.1. The van der Waals surface area contributed by atoms with Gasteiger partial charge in [-0.25, -0.2) is 4.79 Å². The molecule has 0 radical (unpaired) electrons. The average molecular weight is 554 g/mol. The maximum Gasteiger partial charge on any atom is 0.412 e. The Hall–Kier alpha value is -2.96. The summed E-state index contributed by atoms with van der Waals surface area (Å²) in [6.45, 7) is 11.5. The van der Waals surface area contributed by atoms with Crippen LogP contribution < -0.4 is 10.4 Å². The van der Waals surface area contributed by atoms with Crippen LogP contribution in [-0.4, -0.2) is 68.9 Å². The van der Waals surface area contributed by atoms with Crippen molar-refractivity contribution in [3.8, 4) is 11.8 Å². The van der Waals surface area contributed by atoms with E-state index in [-0.39, 0.29) is 11.8 Å². The van der Waals surface area contributed by atoms with Gasteiger partial charge < -0.3 is 19.0 Å². The van der Waals surface area contributed by atoms with E-state index >= 15 is 0 Å². The summed E-state index contributed by atoms with van der Waals surface area (Å²) in [5, 5.41) is 12.1. The van der Waals surface area contributed by atoms with Gasteiger partial charge in [0.1, 0.15) is 18.4 Å². The van der Waals surface area contributed by atoms with Crippen LogP contribution in [-0.2, 0) is 18.7 Å². The van der Waals surface area contributed by atoms with Crippen LogP contribution in [0.15, 0.2) is 60.7 Å². The molecule has 2 aromatic carbocycles. The van der Waals surface area contributed by atoms with Gasteiger partial charge >= 0.3 is 6.09 Å². The van der Waals surface area contributed by atoms with E-state index in [1.54, 1.807) is 20.8 Å². The average Bonchev–Trinajstić information content (AvgIpc) is 2.87. The van der Waals surface area contributed by atoms with E-state index in [0.29, 0.717) is 19.4 Å². The normalized spacial score (nSPS) is 12.7. The molecule has 2 aromatic rings. The summed E-state index contributed by atoms with van der Waals surface area (Å²) in [5.41, 5.74) is -0.761. The molecular formula is C31H43NO6Si. The summed E-state index contributed by atoms with van der Waals surface area (Å²) in [6, 6.07) is 19.6. The van der Waals surface area contributed by atoms with Gasteiger partial charge in [-0.2, -0.15) is 0 Å². The molecule has 0 fully saturated rings. The van der Waals surface area contributed by atoms with Crippen LogP contribution in [0.5, 0.6) is 0 Å². The number of Topliss-reactive ketones (excluding diaryl/α,β-unsaturated/α-hetero) is 1. The number of carbonyl (C=O) groups excluding carboxylic acids is 2. The fraction of sp³-hybridized carbons (Fsp3) is 0.484. The zero-order valence-corrected chi connectivity index (χ0v) is 25.3. The molecule has 0 saturated carbocycles. The molecule has 7 nitrogen and oxygen atoms in total. The van der Waals surface area contributed by atoms with E-state index < -0.39 is 38.4 Å². The first kappa shape index (κ1) is 32.2. The molecule has 0 heterocycles. The largest absolute Gasteiger partial charge is 0.444 e. The Morgan fingerprint density at radius 3 is 1.92 bits per heavy atom. The lowest BCUT2D eigenvalue weighted by Crippen LogP contribution is -2.66. The molecular weight excluding hydrogens is 510 g/mol. The zero-order valence-electron chi connectivity index (χ0n) is 24.3. The number of hydrogen-bond acceptors (Lipinski definition) is 6. The van der Waals surface area contributed by atoms with Gasteiger partial charge in [-0.1, -0.05) is 87.4 Å². The van der Waals surface area contributed by atoms with Crippen LogP contribution in [0.1, 0.15) is 54.4 Å². The van der Waals surface area contributed by atoms with Crippen molar-refractivity contribution in [2.45, 2.75) is 71.1 Å². The third kappa shape index (κ3) is 8.77. The van der Waals surface area contributed by atoms with Crippen molar-refractivity contribution in [2.75, 3.05) is 27.1 Å². The molecule has 0 bridgehead atoms. The molecule has 0 aliphatic rings. The van der Waals surface area contributed by atoms with Gasteiger partial charge in [0.15, 0.2) is 0 Å². The second-order valence-electron chi connectivity index (χ2n) is 11.3. The maximum absolute atomic E-state index is 12.8. The first-order valence-electron chi connectivity index (χ1n) is 13.2. The molecule has 0 spiro atoms. The summed E-state index contributed by atoms with van der Waals surface area (Å²) >= 11 is 0.